The number of hydrogen-bond acceptors (Lipinski definition) is 4. The van der Waals surface area contributed by atoms with Crippen LogP contribution in [0.2, 0.25) is 0 Å². The molecule has 0 saturated carbocycles. The van der Waals surface area contributed by atoms with Crippen LogP contribution in [0.1, 0.15) is 12.5 Å². The van der Waals surface area contributed by atoms with E-state index in [1.165, 1.54) is 13.1 Å². The smallest absolute Gasteiger partial charge is 0.216 e. The van der Waals surface area contributed by atoms with Gasteiger partial charge in [0.2, 0.25) is 10.0 Å². The third kappa shape index (κ3) is 2.79. The Hall–Kier alpha value is -0.920. The molecule has 1 unspecified atom stereocenters. The number of H-pyrrole nitrogens is 1. The van der Waals surface area contributed by atoms with E-state index >= 15 is 0 Å². The van der Waals surface area contributed by atoms with Gasteiger partial charge >= 0.3 is 0 Å². The van der Waals surface area contributed by atoms with E-state index in [1.54, 1.807) is 6.20 Å². The van der Waals surface area contributed by atoms with E-state index in [2.05, 4.69) is 14.9 Å². The first-order valence-electron chi connectivity index (χ1n) is 4.13. The van der Waals surface area contributed by atoms with Crippen molar-refractivity contribution < 1.29 is 13.5 Å². The molecule has 1 atom stereocenters. The van der Waals surface area contributed by atoms with Crippen molar-refractivity contribution in [3.63, 3.8) is 0 Å². The molecule has 0 aromatic carbocycles. The van der Waals surface area contributed by atoms with Crippen LogP contribution in [0.25, 0.3) is 0 Å². The van der Waals surface area contributed by atoms with Gasteiger partial charge in [0.1, 0.15) is 0 Å². The first kappa shape index (κ1) is 11.2. The number of rotatable bonds is 5. The van der Waals surface area contributed by atoms with E-state index in [9.17, 15) is 8.42 Å². The van der Waals surface area contributed by atoms with Crippen molar-refractivity contribution in [2.24, 2.45) is 0 Å². The number of aromatic amines is 1. The van der Waals surface area contributed by atoms with Gasteiger partial charge in [0.05, 0.1) is 18.1 Å². The van der Waals surface area contributed by atoms with E-state index in [-0.39, 0.29) is 13.2 Å². The van der Waals surface area contributed by atoms with E-state index in [0.717, 1.165) is 5.56 Å². The zero-order valence-electron chi connectivity index (χ0n) is 7.77. The quantitative estimate of drug-likeness (QED) is 0.604. The molecule has 14 heavy (non-hydrogen) atoms. The van der Waals surface area contributed by atoms with Crippen LogP contribution >= 0.6 is 0 Å². The molecule has 0 amide bonds. The molecule has 0 aliphatic heterocycles. The van der Waals surface area contributed by atoms with Gasteiger partial charge < -0.3 is 5.11 Å². The third-order valence-corrected chi connectivity index (χ3v) is 3.57. The molecule has 1 aromatic rings. The highest BCUT2D eigenvalue weighted by Crippen LogP contribution is 1.99. The number of nitrogens with zero attached hydrogens (tertiary/aromatic N) is 1. The minimum Gasteiger partial charge on any atom is -0.395 e. The van der Waals surface area contributed by atoms with Crippen molar-refractivity contribution in [3.8, 4) is 0 Å². The van der Waals surface area contributed by atoms with Crippen LogP contribution in [0, 0.1) is 0 Å². The lowest BCUT2D eigenvalue weighted by atomic mass is 10.4. The van der Waals surface area contributed by atoms with Crippen LogP contribution < -0.4 is 4.72 Å². The Morgan fingerprint density at radius 3 is 2.93 bits per heavy atom. The molecule has 1 heterocycles. The SMILES string of the molecule is CC(CO)S(=O)(=O)NCc1cn[nH]c1. The van der Waals surface area contributed by atoms with Gasteiger partial charge in [0.15, 0.2) is 0 Å². The zero-order chi connectivity index (χ0) is 10.6. The zero-order valence-corrected chi connectivity index (χ0v) is 8.58. The van der Waals surface area contributed by atoms with Crippen molar-refractivity contribution >= 4 is 10.0 Å². The van der Waals surface area contributed by atoms with E-state index < -0.39 is 15.3 Å². The molecule has 0 aliphatic rings. The van der Waals surface area contributed by atoms with Gasteiger partial charge in [-0.2, -0.15) is 5.10 Å². The maximum atomic E-state index is 11.4. The summed E-state index contributed by atoms with van der Waals surface area (Å²) >= 11 is 0. The van der Waals surface area contributed by atoms with Gasteiger partial charge in [0, 0.05) is 18.3 Å². The van der Waals surface area contributed by atoms with Crippen molar-refractivity contribution in [1.82, 2.24) is 14.9 Å². The number of nitrogens with one attached hydrogen (secondary N) is 2. The molecule has 3 N–H and O–H groups in total. The molecular formula is C7H13N3O3S. The summed E-state index contributed by atoms with van der Waals surface area (Å²) in [5.41, 5.74) is 0.749. The highest BCUT2D eigenvalue weighted by Gasteiger charge is 2.18. The summed E-state index contributed by atoms with van der Waals surface area (Å²) in [7, 11) is -3.43. The number of aromatic nitrogens is 2. The number of aliphatic hydroxyl groups is 1. The molecule has 0 radical (unpaired) electrons. The summed E-state index contributed by atoms with van der Waals surface area (Å²) < 4.78 is 25.1. The second-order valence-electron chi connectivity index (χ2n) is 2.97. The van der Waals surface area contributed by atoms with Crippen LogP contribution in [0.5, 0.6) is 0 Å². The predicted molar refractivity (Wildman–Crippen MR) is 50.9 cm³/mol. The Morgan fingerprint density at radius 2 is 2.43 bits per heavy atom. The maximum Gasteiger partial charge on any atom is 0.216 e. The molecule has 0 spiro atoms. The average molecular weight is 219 g/mol. The Bertz CT molecular complexity index is 360. The summed E-state index contributed by atoms with van der Waals surface area (Å²) in [5.74, 6) is 0. The lowest BCUT2D eigenvalue weighted by molar-refractivity contribution is 0.294. The maximum absolute atomic E-state index is 11.4. The normalized spacial score (nSPS) is 14.1. The molecule has 0 saturated heterocycles. The van der Waals surface area contributed by atoms with Crippen LogP contribution in [0.3, 0.4) is 0 Å². The van der Waals surface area contributed by atoms with Crippen LogP contribution in [-0.2, 0) is 16.6 Å². The summed E-state index contributed by atoms with van der Waals surface area (Å²) in [6.45, 7) is 1.24. The second-order valence-corrected chi connectivity index (χ2v) is 5.15. The fraction of sp³-hybridized carbons (Fsp3) is 0.571. The van der Waals surface area contributed by atoms with Gasteiger partial charge in [-0.25, -0.2) is 13.1 Å². The van der Waals surface area contributed by atoms with Crippen LogP contribution in [-0.4, -0.2) is 35.6 Å². The summed E-state index contributed by atoms with van der Waals surface area (Å²) in [4.78, 5) is 0. The van der Waals surface area contributed by atoms with Gasteiger partial charge in [-0.05, 0) is 6.92 Å². The fourth-order valence-electron chi connectivity index (χ4n) is 0.799. The number of aliphatic hydroxyl groups excluding tert-OH is 1. The number of sulfonamides is 1. The summed E-state index contributed by atoms with van der Waals surface area (Å²) in [5, 5.41) is 14.1. The highest BCUT2D eigenvalue weighted by molar-refractivity contribution is 7.90. The van der Waals surface area contributed by atoms with E-state index in [4.69, 9.17) is 5.11 Å². The Labute approximate surface area is 82.4 Å². The monoisotopic (exact) mass is 219 g/mol. The topological polar surface area (TPSA) is 95.1 Å². The lowest BCUT2D eigenvalue weighted by Gasteiger charge is -2.10. The van der Waals surface area contributed by atoms with Gasteiger partial charge in [0.25, 0.3) is 0 Å². The summed E-state index contributed by atoms with van der Waals surface area (Å²) in [6, 6.07) is 0. The van der Waals surface area contributed by atoms with E-state index in [1.807, 2.05) is 0 Å². The van der Waals surface area contributed by atoms with Gasteiger partial charge in [-0.15, -0.1) is 0 Å². The van der Waals surface area contributed by atoms with Crippen LogP contribution in [0.4, 0.5) is 0 Å². The summed E-state index contributed by atoms with van der Waals surface area (Å²) in [6.07, 6.45) is 3.14. The van der Waals surface area contributed by atoms with Crippen molar-refractivity contribution in [2.45, 2.75) is 18.7 Å². The van der Waals surface area contributed by atoms with Gasteiger partial charge in [-0.1, -0.05) is 0 Å². The second kappa shape index (κ2) is 4.54. The molecule has 6 nitrogen and oxygen atoms in total. The first-order chi connectivity index (χ1) is 6.56. The molecule has 0 aliphatic carbocycles. The first-order valence-corrected chi connectivity index (χ1v) is 5.68. The number of hydrogen-bond donors (Lipinski definition) is 3. The Balaban J connectivity index is 2.53. The van der Waals surface area contributed by atoms with Gasteiger partial charge in [-0.3, -0.25) is 5.10 Å². The average Bonchev–Trinajstić information content (AvgIpc) is 2.66. The predicted octanol–water partition coefficient (Wildman–Crippen LogP) is -0.790. The van der Waals surface area contributed by atoms with Crippen molar-refractivity contribution in [3.05, 3.63) is 18.0 Å². The standard InChI is InChI=1S/C7H13N3O3S/c1-6(5-11)14(12,13)10-4-7-2-8-9-3-7/h2-3,6,10-11H,4-5H2,1H3,(H,8,9). The Morgan fingerprint density at radius 1 is 1.71 bits per heavy atom. The largest absolute Gasteiger partial charge is 0.395 e. The molecule has 80 valence electrons. The fourth-order valence-corrected chi connectivity index (χ4v) is 1.65. The molecule has 7 heteroatoms. The molecule has 1 rings (SSSR count). The Kier molecular flexibility index (Phi) is 3.62. The lowest BCUT2D eigenvalue weighted by Crippen LogP contribution is -2.34. The molecule has 0 bridgehead atoms. The van der Waals surface area contributed by atoms with Crippen molar-refractivity contribution in [1.29, 1.82) is 0 Å². The third-order valence-electron chi connectivity index (χ3n) is 1.82. The van der Waals surface area contributed by atoms with E-state index in [0.29, 0.717) is 0 Å². The van der Waals surface area contributed by atoms with Crippen molar-refractivity contribution in [2.75, 3.05) is 6.61 Å². The minimum absolute atomic E-state index is 0.184. The van der Waals surface area contributed by atoms with Crippen LogP contribution in [0.15, 0.2) is 12.4 Å². The molecular weight excluding hydrogens is 206 g/mol. The minimum atomic E-state index is -3.43. The molecule has 0 fully saturated rings. The highest BCUT2D eigenvalue weighted by atomic mass is 32.2. The molecule has 1 aromatic heterocycles.